The van der Waals surface area contributed by atoms with E-state index in [9.17, 15) is 4.79 Å². The van der Waals surface area contributed by atoms with Gasteiger partial charge >= 0.3 is 5.97 Å². The van der Waals surface area contributed by atoms with Gasteiger partial charge in [-0.1, -0.05) is 101 Å². The number of allylic oxidation sites excluding steroid dienone is 1. The molecule has 176 valence electrons. The Morgan fingerprint density at radius 3 is 1.97 bits per heavy atom. The van der Waals surface area contributed by atoms with E-state index in [2.05, 4.69) is 81.4 Å². The molecule has 0 radical (unpaired) electrons. The Bertz CT molecular complexity index is 929. The number of rotatable bonds is 6. The van der Waals surface area contributed by atoms with Gasteiger partial charge in [0.2, 0.25) is 0 Å². The van der Waals surface area contributed by atoms with Crippen LogP contribution in [0.25, 0.3) is 0 Å². The van der Waals surface area contributed by atoms with E-state index in [1.165, 1.54) is 34.8 Å². The summed E-state index contributed by atoms with van der Waals surface area (Å²) in [6.07, 6.45) is 6.15. The van der Waals surface area contributed by atoms with E-state index < -0.39 is 14.2 Å². The van der Waals surface area contributed by atoms with E-state index in [0.29, 0.717) is 18.9 Å². The molecule has 1 atom stereocenters. The second-order valence-corrected chi connectivity index (χ2v) is 15.2. The van der Waals surface area contributed by atoms with Gasteiger partial charge in [-0.05, 0) is 40.4 Å². The molecule has 0 bridgehead atoms. The number of carbonyl (C=O) groups excluding carboxylic acids is 1. The molecule has 0 saturated heterocycles. The number of hydrogen-bond donors (Lipinski definition) is 0. The molecule has 2 aliphatic rings. The fraction of sp³-hybridized carbons (Fsp3) is 0.483. The first-order valence-corrected chi connectivity index (χ1v) is 14.6. The van der Waals surface area contributed by atoms with Gasteiger partial charge in [-0.25, -0.2) is 4.79 Å². The number of carbonyl (C=O) groups is 1. The maximum Gasteiger partial charge on any atom is 0.347 e. The Kier molecular flexibility index (Phi) is 7.13. The summed E-state index contributed by atoms with van der Waals surface area (Å²) in [5.41, 5.74) is 0. The lowest BCUT2D eigenvalue weighted by Crippen LogP contribution is -2.66. The topological polar surface area (TPSA) is 35.5 Å². The van der Waals surface area contributed by atoms with Crippen molar-refractivity contribution in [3.05, 3.63) is 71.6 Å². The summed E-state index contributed by atoms with van der Waals surface area (Å²) in [4.78, 5) is 12.9. The summed E-state index contributed by atoms with van der Waals surface area (Å²) in [6.45, 7) is 9.38. The molecule has 1 saturated carbocycles. The van der Waals surface area contributed by atoms with Crippen LogP contribution in [0.1, 0.15) is 66.2 Å². The van der Waals surface area contributed by atoms with Crippen LogP contribution in [0, 0.1) is 5.92 Å². The van der Waals surface area contributed by atoms with Crippen LogP contribution in [-0.2, 0) is 14.3 Å². The number of hydrogen-bond acceptors (Lipinski definition) is 3. The maximum atomic E-state index is 12.9. The number of benzene rings is 2. The number of esters is 1. The average molecular weight is 463 g/mol. The zero-order valence-corrected chi connectivity index (χ0v) is 21.6. The Morgan fingerprint density at radius 2 is 1.48 bits per heavy atom. The third kappa shape index (κ3) is 4.42. The van der Waals surface area contributed by atoms with E-state index in [1.54, 1.807) is 0 Å². The minimum atomic E-state index is -2.53. The van der Waals surface area contributed by atoms with E-state index in [0.717, 1.165) is 18.6 Å². The summed E-state index contributed by atoms with van der Waals surface area (Å²) in [5, 5.41) is 4.16. The van der Waals surface area contributed by atoms with E-state index in [1.807, 2.05) is 6.92 Å². The van der Waals surface area contributed by atoms with Crippen LogP contribution in [0.5, 0.6) is 0 Å². The zero-order valence-electron chi connectivity index (χ0n) is 20.6. The Morgan fingerprint density at radius 1 is 0.939 bits per heavy atom. The molecule has 4 rings (SSSR count). The minimum Gasteiger partial charge on any atom is -0.483 e. The molecule has 1 fully saturated rings. The highest BCUT2D eigenvalue weighted by Crippen LogP contribution is 2.48. The van der Waals surface area contributed by atoms with Gasteiger partial charge in [0.15, 0.2) is 14.2 Å². The van der Waals surface area contributed by atoms with Crippen molar-refractivity contribution in [1.82, 2.24) is 0 Å². The highest BCUT2D eigenvalue weighted by molar-refractivity contribution is 7.09. The predicted molar refractivity (Wildman–Crippen MR) is 137 cm³/mol. The molecular formula is C29H38O3Si. The first-order chi connectivity index (χ1) is 15.9. The summed E-state index contributed by atoms with van der Waals surface area (Å²) >= 11 is 0. The van der Waals surface area contributed by atoms with Crippen LogP contribution in [0.2, 0.25) is 5.04 Å². The van der Waals surface area contributed by atoms with Crippen LogP contribution in [-0.4, -0.2) is 26.8 Å². The lowest BCUT2D eigenvalue weighted by molar-refractivity contribution is -0.153. The maximum absolute atomic E-state index is 12.9. The smallest absolute Gasteiger partial charge is 0.347 e. The van der Waals surface area contributed by atoms with Crippen molar-refractivity contribution < 1.29 is 14.3 Å². The second kappa shape index (κ2) is 9.88. The molecule has 2 aromatic carbocycles. The third-order valence-corrected chi connectivity index (χ3v) is 13.5. The zero-order chi connectivity index (χ0) is 23.5. The molecule has 1 aliphatic carbocycles. The van der Waals surface area contributed by atoms with Crippen LogP contribution in [0.3, 0.4) is 0 Å². The predicted octanol–water partition coefficient (Wildman–Crippen LogP) is 5.78. The molecule has 33 heavy (non-hydrogen) atoms. The molecule has 1 aliphatic heterocycles. The average Bonchev–Trinajstić information content (AvgIpc) is 3.26. The van der Waals surface area contributed by atoms with Crippen molar-refractivity contribution in [3.8, 4) is 0 Å². The standard InChI is InChI=1S/C29H38O3Si/c1-5-31-28(30)25-21-26(27(32-25)22-15-9-6-10-16-22)33(29(2,3)4,23-17-11-7-12-18-23)24-19-13-8-14-20-24/h7-8,11-14,17-20,22,25H,5-6,9-10,15-16,21H2,1-4H3/t25-/m1/s1. The van der Waals surface area contributed by atoms with Crippen molar-refractivity contribution >= 4 is 24.4 Å². The highest BCUT2D eigenvalue weighted by atomic mass is 28.3. The first kappa shape index (κ1) is 23.8. The van der Waals surface area contributed by atoms with Crippen molar-refractivity contribution in [2.75, 3.05) is 6.61 Å². The van der Waals surface area contributed by atoms with Gasteiger partial charge in [-0.2, -0.15) is 0 Å². The number of ether oxygens (including phenoxy) is 2. The second-order valence-electron chi connectivity index (χ2n) is 10.5. The van der Waals surface area contributed by atoms with Gasteiger partial charge in [0.05, 0.1) is 12.4 Å². The summed E-state index contributed by atoms with van der Waals surface area (Å²) < 4.78 is 12.1. The van der Waals surface area contributed by atoms with Gasteiger partial charge in [0.1, 0.15) is 0 Å². The van der Waals surface area contributed by atoms with E-state index in [-0.39, 0.29) is 11.0 Å². The Balaban J connectivity index is 1.97. The first-order valence-electron chi connectivity index (χ1n) is 12.6. The van der Waals surface area contributed by atoms with Gasteiger partial charge in [0.25, 0.3) is 0 Å². The van der Waals surface area contributed by atoms with Crippen LogP contribution in [0.15, 0.2) is 71.6 Å². The summed E-state index contributed by atoms with van der Waals surface area (Å²) in [6, 6.07) is 22.0. The molecule has 0 unspecified atom stereocenters. The largest absolute Gasteiger partial charge is 0.483 e. The minimum absolute atomic E-state index is 0.0160. The van der Waals surface area contributed by atoms with Gasteiger partial charge in [-0.15, -0.1) is 0 Å². The van der Waals surface area contributed by atoms with Crippen molar-refractivity contribution in [1.29, 1.82) is 0 Å². The quantitative estimate of drug-likeness (QED) is 0.403. The molecule has 0 spiro atoms. The molecule has 0 N–H and O–H groups in total. The van der Waals surface area contributed by atoms with Crippen molar-refractivity contribution in [2.45, 2.75) is 77.4 Å². The molecule has 1 heterocycles. The van der Waals surface area contributed by atoms with Gasteiger partial charge in [-0.3, -0.25) is 0 Å². The van der Waals surface area contributed by atoms with Crippen LogP contribution in [0.4, 0.5) is 0 Å². The summed E-state index contributed by atoms with van der Waals surface area (Å²) in [7, 11) is -2.53. The van der Waals surface area contributed by atoms with Gasteiger partial charge < -0.3 is 9.47 Å². The lowest BCUT2D eigenvalue weighted by Gasteiger charge is -2.46. The highest BCUT2D eigenvalue weighted by Gasteiger charge is 2.55. The van der Waals surface area contributed by atoms with Gasteiger partial charge in [0, 0.05) is 12.3 Å². The fourth-order valence-electron chi connectivity index (χ4n) is 6.17. The third-order valence-electron chi connectivity index (χ3n) is 7.47. The molecule has 0 aromatic heterocycles. The molecular weight excluding hydrogens is 424 g/mol. The van der Waals surface area contributed by atoms with E-state index in [4.69, 9.17) is 9.47 Å². The molecule has 3 nitrogen and oxygen atoms in total. The van der Waals surface area contributed by atoms with E-state index >= 15 is 0 Å². The Hall–Kier alpha value is -2.33. The monoisotopic (exact) mass is 462 g/mol. The van der Waals surface area contributed by atoms with Crippen molar-refractivity contribution in [3.63, 3.8) is 0 Å². The molecule has 0 amide bonds. The fourth-order valence-corrected chi connectivity index (χ4v) is 12.4. The summed E-state index contributed by atoms with van der Waals surface area (Å²) in [5.74, 6) is 1.29. The lowest BCUT2D eigenvalue weighted by atomic mass is 9.88. The molecule has 2 aromatic rings. The van der Waals surface area contributed by atoms with Crippen LogP contribution >= 0.6 is 0 Å². The molecule has 4 heteroatoms. The Labute approximate surface area is 200 Å². The van der Waals surface area contributed by atoms with Crippen LogP contribution < -0.4 is 10.4 Å². The SMILES string of the molecule is CCOC(=O)[C@H]1CC([Si](c2ccccc2)(c2ccccc2)C(C)(C)C)=C(C2CCCCC2)O1. The normalized spacial score (nSPS) is 19.9. The van der Waals surface area contributed by atoms with Crippen molar-refractivity contribution in [2.24, 2.45) is 5.92 Å².